The van der Waals surface area contributed by atoms with Gasteiger partial charge in [-0.2, -0.15) is 5.10 Å². The lowest BCUT2D eigenvalue weighted by atomic mass is 10.1. The maximum absolute atomic E-state index is 14.6. The average molecular weight is 588 g/mol. The second-order valence-corrected chi connectivity index (χ2v) is 9.98. The van der Waals surface area contributed by atoms with Crippen molar-refractivity contribution in [3.63, 3.8) is 0 Å². The highest BCUT2D eigenvalue weighted by Gasteiger charge is 2.38. The Morgan fingerprint density at radius 1 is 1.02 bits per heavy atom. The summed E-state index contributed by atoms with van der Waals surface area (Å²) in [6.07, 6.45) is -0.120. The molecule has 41 heavy (non-hydrogen) atoms. The lowest BCUT2D eigenvalue weighted by Crippen LogP contribution is -2.57. The predicted octanol–water partition coefficient (Wildman–Crippen LogP) is 4.02. The van der Waals surface area contributed by atoms with Gasteiger partial charge in [0.2, 0.25) is 0 Å². The van der Waals surface area contributed by atoms with Crippen LogP contribution in [0.15, 0.2) is 65.8 Å². The van der Waals surface area contributed by atoms with Gasteiger partial charge in [0.15, 0.2) is 6.61 Å². The second kappa shape index (κ2) is 11.9. The maximum atomic E-state index is 14.6. The number of nitrogens with zero attached hydrogens (tertiary/aromatic N) is 2. The van der Waals surface area contributed by atoms with E-state index in [0.29, 0.717) is 36.2 Å². The van der Waals surface area contributed by atoms with E-state index < -0.39 is 64.8 Å². The summed E-state index contributed by atoms with van der Waals surface area (Å²) in [7, 11) is 0. The van der Waals surface area contributed by atoms with Gasteiger partial charge in [-0.3, -0.25) is 9.59 Å². The van der Waals surface area contributed by atoms with E-state index in [1.807, 2.05) is 0 Å². The fraction of sp³-hybridized carbons (Fsp3) is 0.185. The predicted molar refractivity (Wildman–Crippen MR) is 141 cm³/mol. The Labute approximate surface area is 234 Å². The molecule has 0 saturated carbocycles. The van der Waals surface area contributed by atoms with E-state index in [-0.39, 0.29) is 10.8 Å². The minimum absolute atomic E-state index is 0.169. The quantitative estimate of drug-likeness (QED) is 0.362. The smallest absolute Gasteiger partial charge is 0.316 e. The van der Waals surface area contributed by atoms with Gasteiger partial charge < -0.3 is 20.7 Å². The molecule has 14 heteroatoms. The lowest BCUT2D eigenvalue weighted by Gasteiger charge is -2.25. The number of rotatable bonds is 7. The van der Waals surface area contributed by atoms with Crippen LogP contribution >= 0.6 is 11.8 Å². The molecule has 3 aromatic carbocycles. The topological polar surface area (TPSA) is 112 Å². The highest BCUT2D eigenvalue weighted by molar-refractivity contribution is 8.14. The van der Waals surface area contributed by atoms with Gasteiger partial charge in [0, 0.05) is 36.2 Å². The molecule has 0 aromatic heterocycles. The number of hydrazone groups is 1. The molecule has 3 N–H and O–H groups in total. The van der Waals surface area contributed by atoms with Crippen LogP contribution in [0.2, 0.25) is 0 Å². The third-order valence-electron chi connectivity index (χ3n) is 6.07. The number of hydrogen-bond acceptors (Lipinski definition) is 6. The fourth-order valence-corrected chi connectivity index (χ4v) is 5.35. The van der Waals surface area contributed by atoms with Gasteiger partial charge in [-0.15, -0.1) is 0 Å². The van der Waals surface area contributed by atoms with Crippen molar-refractivity contribution in [2.75, 3.05) is 13.2 Å². The molecule has 0 aliphatic carbocycles. The number of halogens is 4. The zero-order valence-electron chi connectivity index (χ0n) is 21.0. The number of nitrogens with one attached hydrogen (secondary N) is 3. The minimum atomic E-state index is -1.41. The highest BCUT2D eigenvalue weighted by atomic mass is 32.2. The summed E-state index contributed by atoms with van der Waals surface area (Å²) in [5.41, 5.74) is -0.251. The maximum Gasteiger partial charge on any atom is 0.316 e. The van der Waals surface area contributed by atoms with Crippen molar-refractivity contribution in [1.82, 2.24) is 21.0 Å². The van der Waals surface area contributed by atoms with Crippen molar-refractivity contribution in [2.45, 2.75) is 18.0 Å². The zero-order valence-corrected chi connectivity index (χ0v) is 21.8. The number of para-hydroxylation sites is 1. The van der Waals surface area contributed by atoms with E-state index in [9.17, 15) is 31.9 Å². The standard InChI is InChI=1S/C27H21F4N5O4S/c28-15-7-5-14(6-8-15)24-35-36(25(38)23-18(30)11-16(29)12-19(23)31)26(41-24)17-3-1-2-4-20(17)40-13-22(37)33-21-9-10-32-27(39)34-21/h1-8,11-12,21,26H,9-10,13H2,(H,33,37)(H2,32,34,39). The van der Waals surface area contributed by atoms with E-state index in [1.165, 1.54) is 30.3 Å². The number of hydrogen-bond donors (Lipinski definition) is 3. The summed E-state index contributed by atoms with van der Waals surface area (Å²) >= 11 is 1.02. The molecule has 2 aliphatic rings. The van der Waals surface area contributed by atoms with Crippen molar-refractivity contribution in [3.05, 3.63) is 101 Å². The molecule has 2 unspecified atom stereocenters. The average Bonchev–Trinajstić information content (AvgIpc) is 3.37. The van der Waals surface area contributed by atoms with E-state index in [4.69, 9.17) is 4.74 Å². The Morgan fingerprint density at radius 2 is 1.73 bits per heavy atom. The van der Waals surface area contributed by atoms with Crippen molar-refractivity contribution in [3.8, 4) is 5.75 Å². The minimum Gasteiger partial charge on any atom is -0.483 e. The molecule has 2 heterocycles. The van der Waals surface area contributed by atoms with E-state index in [0.717, 1.165) is 16.8 Å². The number of urea groups is 1. The largest absolute Gasteiger partial charge is 0.483 e. The van der Waals surface area contributed by atoms with Gasteiger partial charge in [0.25, 0.3) is 11.8 Å². The van der Waals surface area contributed by atoms with Crippen LogP contribution in [0.4, 0.5) is 22.4 Å². The van der Waals surface area contributed by atoms with E-state index >= 15 is 0 Å². The number of benzene rings is 3. The van der Waals surface area contributed by atoms with E-state index in [2.05, 4.69) is 21.1 Å². The summed E-state index contributed by atoms with van der Waals surface area (Å²) < 4.78 is 62.0. The van der Waals surface area contributed by atoms with Crippen molar-refractivity contribution < 1.29 is 36.7 Å². The first-order chi connectivity index (χ1) is 19.7. The summed E-state index contributed by atoms with van der Waals surface area (Å²) in [6.45, 7) is -0.0656. The Morgan fingerprint density at radius 3 is 2.44 bits per heavy atom. The number of carbonyl (C=O) groups is 3. The first-order valence-corrected chi connectivity index (χ1v) is 13.1. The highest BCUT2D eigenvalue weighted by Crippen LogP contribution is 2.45. The zero-order chi connectivity index (χ0) is 29.1. The molecular formula is C27H21F4N5O4S. The molecule has 1 saturated heterocycles. The fourth-order valence-electron chi connectivity index (χ4n) is 4.17. The summed E-state index contributed by atoms with van der Waals surface area (Å²) in [4.78, 5) is 37.4. The van der Waals surface area contributed by atoms with Gasteiger partial charge in [-0.25, -0.2) is 27.4 Å². The van der Waals surface area contributed by atoms with Crippen LogP contribution in [-0.2, 0) is 4.79 Å². The van der Waals surface area contributed by atoms with Crippen molar-refractivity contribution in [2.24, 2.45) is 5.10 Å². The van der Waals surface area contributed by atoms with Crippen LogP contribution in [0.1, 0.15) is 33.3 Å². The van der Waals surface area contributed by atoms with Gasteiger partial charge >= 0.3 is 6.03 Å². The molecule has 9 nitrogen and oxygen atoms in total. The van der Waals surface area contributed by atoms with Crippen LogP contribution in [0.25, 0.3) is 0 Å². The SMILES string of the molecule is O=C(COc1ccccc1C1SC(c2ccc(F)cc2)=NN1C(=O)c1c(F)cc(F)cc1F)NC1CCNC(=O)N1. The molecule has 2 atom stereocenters. The van der Waals surface area contributed by atoms with Gasteiger partial charge in [-0.05, 0) is 30.3 Å². The van der Waals surface area contributed by atoms with Crippen LogP contribution in [0.5, 0.6) is 5.75 Å². The first kappa shape index (κ1) is 28.0. The molecule has 0 radical (unpaired) electrons. The van der Waals surface area contributed by atoms with Crippen molar-refractivity contribution in [1.29, 1.82) is 0 Å². The van der Waals surface area contributed by atoms with Crippen molar-refractivity contribution >= 4 is 34.7 Å². The van der Waals surface area contributed by atoms with Crippen LogP contribution in [-0.4, -0.2) is 47.2 Å². The van der Waals surface area contributed by atoms with Crippen LogP contribution in [0.3, 0.4) is 0 Å². The molecule has 1 fully saturated rings. The molecule has 0 bridgehead atoms. The van der Waals surface area contributed by atoms with Crippen LogP contribution < -0.4 is 20.7 Å². The lowest BCUT2D eigenvalue weighted by molar-refractivity contribution is -0.124. The Bertz CT molecular complexity index is 1520. The number of carbonyl (C=O) groups excluding carboxylic acids is 3. The summed E-state index contributed by atoms with van der Waals surface area (Å²) in [5, 5.41) is 12.1. The molecule has 2 aliphatic heterocycles. The normalized spacial score (nSPS) is 18.3. The molecule has 5 rings (SSSR count). The molecular weight excluding hydrogens is 566 g/mol. The number of ether oxygens (including phenoxy) is 1. The van der Waals surface area contributed by atoms with Gasteiger partial charge in [0.05, 0.1) is 0 Å². The molecule has 4 amide bonds. The van der Waals surface area contributed by atoms with Crippen LogP contribution in [0, 0.1) is 23.3 Å². The third kappa shape index (κ3) is 6.27. The number of thioether (sulfide) groups is 1. The molecule has 0 spiro atoms. The number of amides is 4. The Balaban J connectivity index is 1.43. The molecule has 3 aromatic rings. The Kier molecular flexibility index (Phi) is 8.10. The van der Waals surface area contributed by atoms with Gasteiger partial charge in [0.1, 0.15) is 51.2 Å². The third-order valence-corrected chi connectivity index (χ3v) is 7.28. The van der Waals surface area contributed by atoms with Gasteiger partial charge in [-0.1, -0.05) is 30.0 Å². The molecule has 212 valence electrons. The van der Waals surface area contributed by atoms with E-state index in [1.54, 1.807) is 18.2 Å². The second-order valence-electron chi connectivity index (χ2n) is 8.91. The first-order valence-electron chi connectivity index (χ1n) is 12.2. The summed E-state index contributed by atoms with van der Waals surface area (Å²) in [5.74, 6) is -6.07. The Hall–Kier alpha value is -4.59. The monoisotopic (exact) mass is 587 g/mol. The summed E-state index contributed by atoms with van der Waals surface area (Å²) in [6, 6.07) is 12.0.